The number of amides is 1. The number of benzene rings is 1. The summed E-state index contributed by atoms with van der Waals surface area (Å²) in [4.78, 5) is 14.0. The lowest BCUT2D eigenvalue weighted by Gasteiger charge is -2.27. The number of likely N-dealkylation sites (N-methyl/N-ethyl adjacent to an activating group) is 1. The fourth-order valence-electron chi connectivity index (χ4n) is 2.30. The Hall–Kier alpha value is -1.10. The van der Waals surface area contributed by atoms with Gasteiger partial charge in [-0.1, -0.05) is 30.7 Å². The minimum atomic E-state index is -0.936. The molecule has 1 rings (SSSR count). The van der Waals surface area contributed by atoms with Crippen molar-refractivity contribution in [2.75, 3.05) is 27.2 Å². The molecule has 0 bridgehead atoms. The van der Waals surface area contributed by atoms with E-state index >= 15 is 0 Å². The van der Waals surface area contributed by atoms with Gasteiger partial charge in [-0.15, -0.1) is 0 Å². The predicted octanol–water partition coefficient (Wildman–Crippen LogP) is 1.95. The number of hydrogen-bond acceptors (Lipinski definition) is 3. The normalized spacial score (nSPS) is 15.6. The monoisotopic (exact) mass is 312 g/mol. The Labute approximate surface area is 132 Å². The third kappa shape index (κ3) is 6.93. The Bertz CT molecular complexity index is 475. The zero-order valence-corrected chi connectivity index (χ0v) is 13.9. The molecule has 0 saturated heterocycles. The number of carbonyl (C=O) groups is 1. The third-order valence-corrected chi connectivity index (χ3v) is 3.41. The van der Waals surface area contributed by atoms with Crippen LogP contribution in [-0.4, -0.2) is 48.7 Å². The minimum absolute atomic E-state index is 0.0611. The first-order valence-electron chi connectivity index (χ1n) is 7.09. The van der Waals surface area contributed by atoms with Crippen molar-refractivity contribution in [2.24, 2.45) is 5.92 Å². The first kappa shape index (κ1) is 18.0. The van der Waals surface area contributed by atoms with Gasteiger partial charge in [-0.25, -0.2) is 0 Å². The molecule has 0 radical (unpaired) electrons. The first-order valence-corrected chi connectivity index (χ1v) is 7.47. The lowest BCUT2D eigenvalue weighted by Crippen LogP contribution is -2.48. The molecule has 1 amide bonds. The summed E-state index contributed by atoms with van der Waals surface area (Å²) in [6, 6.07) is 7.52. The molecular formula is C16H25ClN2O2. The quantitative estimate of drug-likeness (QED) is 0.809. The molecule has 0 aromatic heterocycles. The third-order valence-electron chi connectivity index (χ3n) is 3.18. The van der Waals surface area contributed by atoms with Gasteiger partial charge >= 0.3 is 0 Å². The number of rotatable bonds is 7. The molecule has 1 aromatic rings. The maximum absolute atomic E-state index is 12.1. The van der Waals surface area contributed by atoms with Gasteiger partial charge in [0, 0.05) is 24.0 Å². The van der Waals surface area contributed by atoms with E-state index in [0.29, 0.717) is 18.0 Å². The van der Waals surface area contributed by atoms with Crippen molar-refractivity contribution >= 4 is 17.5 Å². The van der Waals surface area contributed by atoms with Crippen LogP contribution in [0.25, 0.3) is 0 Å². The molecule has 2 N–H and O–H groups in total. The van der Waals surface area contributed by atoms with E-state index in [0.717, 1.165) is 5.56 Å². The van der Waals surface area contributed by atoms with Gasteiger partial charge in [0.25, 0.3) is 0 Å². The molecule has 118 valence electrons. The highest BCUT2D eigenvalue weighted by molar-refractivity contribution is 6.30. The van der Waals surface area contributed by atoms with Gasteiger partial charge in [0.15, 0.2) is 0 Å². The van der Waals surface area contributed by atoms with Crippen LogP contribution in [0.5, 0.6) is 0 Å². The summed E-state index contributed by atoms with van der Waals surface area (Å²) in [7, 11) is 3.77. The molecule has 0 fully saturated rings. The number of aliphatic hydroxyl groups is 1. The summed E-state index contributed by atoms with van der Waals surface area (Å²) in [6.07, 6.45) is 0.627. The zero-order valence-electron chi connectivity index (χ0n) is 13.2. The highest BCUT2D eigenvalue weighted by Crippen LogP contribution is 2.14. The number of halogens is 1. The van der Waals surface area contributed by atoms with Gasteiger partial charge in [-0.3, -0.25) is 4.79 Å². The SMILES string of the molecule is CC(Cc1cccc(Cl)c1)C(=O)NCC(C)(O)CN(C)C. The second-order valence-electron chi connectivity index (χ2n) is 6.19. The lowest BCUT2D eigenvalue weighted by atomic mass is 9.99. The summed E-state index contributed by atoms with van der Waals surface area (Å²) in [5, 5.41) is 13.7. The van der Waals surface area contributed by atoms with Crippen LogP contribution >= 0.6 is 11.6 Å². The van der Waals surface area contributed by atoms with Gasteiger partial charge in [-0.05, 0) is 45.1 Å². The van der Waals surface area contributed by atoms with Gasteiger partial charge in [0.05, 0.1) is 5.60 Å². The first-order chi connectivity index (χ1) is 9.69. The molecular weight excluding hydrogens is 288 g/mol. The fraction of sp³-hybridized carbons (Fsp3) is 0.562. The maximum Gasteiger partial charge on any atom is 0.223 e. The smallest absolute Gasteiger partial charge is 0.223 e. The zero-order chi connectivity index (χ0) is 16.0. The van der Waals surface area contributed by atoms with Crippen molar-refractivity contribution in [2.45, 2.75) is 25.9 Å². The molecule has 0 heterocycles. The van der Waals surface area contributed by atoms with E-state index in [2.05, 4.69) is 5.32 Å². The van der Waals surface area contributed by atoms with Crippen LogP contribution < -0.4 is 5.32 Å². The van der Waals surface area contributed by atoms with Crippen LogP contribution in [0.4, 0.5) is 0 Å². The van der Waals surface area contributed by atoms with Crippen molar-refractivity contribution < 1.29 is 9.90 Å². The molecule has 5 heteroatoms. The van der Waals surface area contributed by atoms with E-state index < -0.39 is 5.60 Å². The van der Waals surface area contributed by atoms with Gasteiger partial charge in [-0.2, -0.15) is 0 Å². The Morgan fingerprint density at radius 2 is 2.14 bits per heavy atom. The van der Waals surface area contributed by atoms with E-state index in [9.17, 15) is 9.90 Å². The molecule has 0 spiro atoms. The highest BCUT2D eigenvalue weighted by atomic mass is 35.5. The van der Waals surface area contributed by atoms with Crippen LogP contribution in [0.3, 0.4) is 0 Å². The molecule has 2 unspecified atom stereocenters. The molecule has 0 aliphatic rings. The van der Waals surface area contributed by atoms with E-state index in [1.807, 2.05) is 50.2 Å². The van der Waals surface area contributed by atoms with E-state index in [-0.39, 0.29) is 18.4 Å². The molecule has 0 saturated carbocycles. The number of carbonyl (C=O) groups excluding carboxylic acids is 1. The second kappa shape index (κ2) is 7.78. The van der Waals surface area contributed by atoms with Gasteiger partial charge in [0.1, 0.15) is 0 Å². The van der Waals surface area contributed by atoms with Crippen LogP contribution in [0, 0.1) is 5.92 Å². The standard InChI is InChI=1S/C16H25ClN2O2/c1-12(8-13-6-5-7-14(17)9-13)15(20)18-10-16(2,21)11-19(3)4/h5-7,9,12,21H,8,10-11H2,1-4H3,(H,18,20). The van der Waals surface area contributed by atoms with Crippen LogP contribution in [0.2, 0.25) is 5.02 Å². The van der Waals surface area contributed by atoms with E-state index in [4.69, 9.17) is 11.6 Å². The molecule has 0 aliphatic carbocycles. The van der Waals surface area contributed by atoms with E-state index in [1.54, 1.807) is 6.92 Å². The maximum atomic E-state index is 12.1. The number of nitrogens with zero attached hydrogens (tertiary/aromatic N) is 1. The van der Waals surface area contributed by atoms with Gasteiger partial charge < -0.3 is 15.3 Å². The predicted molar refractivity (Wildman–Crippen MR) is 86.5 cm³/mol. The van der Waals surface area contributed by atoms with Crippen molar-refractivity contribution in [1.82, 2.24) is 10.2 Å². The molecule has 1 aromatic carbocycles. The van der Waals surface area contributed by atoms with Crippen LogP contribution in [-0.2, 0) is 11.2 Å². The van der Waals surface area contributed by atoms with Crippen molar-refractivity contribution in [1.29, 1.82) is 0 Å². The fourth-order valence-corrected chi connectivity index (χ4v) is 2.51. The van der Waals surface area contributed by atoms with Crippen LogP contribution in [0.1, 0.15) is 19.4 Å². The molecule has 4 nitrogen and oxygen atoms in total. The largest absolute Gasteiger partial charge is 0.387 e. The summed E-state index contributed by atoms with van der Waals surface area (Å²) >= 11 is 5.94. The average molecular weight is 313 g/mol. The summed E-state index contributed by atoms with van der Waals surface area (Å²) in [5.74, 6) is -0.229. The van der Waals surface area contributed by atoms with Crippen LogP contribution in [0.15, 0.2) is 24.3 Å². The Morgan fingerprint density at radius 3 is 2.71 bits per heavy atom. The Balaban J connectivity index is 2.48. The Morgan fingerprint density at radius 1 is 1.48 bits per heavy atom. The topological polar surface area (TPSA) is 52.6 Å². The average Bonchev–Trinajstić information content (AvgIpc) is 2.34. The number of hydrogen-bond donors (Lipinski definition) is 2. The van der Waals surface area contributed by atoms with Gasteiger partial charge in [0.2, 0.25) is 5.91 Å². The minimum Gasteiger partial charge on any atom is -0.387 e. The second-order valence-corrected chi connectivity index (χ2v) is 6.62. The van der Waals surface area contributed by atoms with Crippen molar-refractivity contribution in [3.8, 4) is 0 Å². The highest BCUT2D eigenvalue weighted by Gasteiger charge is 2.23. The summed E-state index contributed by atoms with van der Waals surface area (Å²) < 4.78 is 0. The van der Waals surface area contributed by atoms with Crippen molar-refractivity contribution in [3.63, 3.8) is 0 Å². The van der Waals surface area contributed by atoms with Crippen molar-refractivity contribution in [3.05, 3.63) is 34.9 Å². The molecule has 0 aliphatic heterocycles. The molecule has 2 atom stereocenters. The summed E-state index contributed by atoms with van der Waals surface area (Å²) in [6.45, 7) is 4.33. The summed E-state index contributed by atoms with van der Waals surface area (Å²) in [5.41, 5.74) is 0.0970. The van der Waals surface area contributed by atoms with E-state index in [1.165, 1.54) is 0 Å². The number of nitrogens with one attached hydrogen (secondary N) is 1. The molecule has 21 heavy (non-hydrogen) atoms. The lowest BCUT2D eigenvalue weighted by molar-refractivity contribution is -0.125. The Kier molecular flexibility index (Phi) is 6.65.